The Balaban J connectivity index is 2.02. The van der Waals surface area contributed by atoms with Crippen LogP contribution in [0.25, 0.3) is 0 Å². The molecule has 0 radical (unpaired) electrons. The Kier molecular flexibility index (Phi) is 4.12. The fourth-order valence-corrected chi connectivity index (χ4v) is 2.32. The van der Waals surface area contributed by atoms with Crippen LogP contribution in [0.2, 0.25) is 0 Å². The third-order valence-corrected chi connectivity index (χ3v) is 3.55. The van der Waals surface area contributed by atoms with E-state index >= 15 is 0 Å². The number of nitrogens with zero attached hydrogens (tertiary/aromatic N) is 2. The molecule has 0 bridgehead atoms. The number of oxime groups is 1. The van der Waals surface area contributed by atoms with Gasteiger partial charge in [-0.25, -0.2) is 4.79 Å². The number of benzene rings is 2. The van der Waals surface area contributed by atoms with Gasteiger partial charge in [0.05, 0.1) is 5.69 Å². The van der Waals surface area contributed by atoms with E-state index in [4.69, 9.17) is 16.4 Å². The molecule has 5 nitrogen and oxygen atoms in total. The molecule has 0 aliphatic carbocycles. The highest BCUT2D eigenvalue weighted by atomic mass is 35.5. The van der Waals surface area contributed by atoms with Crippen LogP contribution in [0, 0.1) is 0 Å². The number of carbonyl (C=O) groups excluding carboxylic acids is 2. The van der Waals surface area contributed by atoms with Crippen LogP contribution in [-0.4, -0.2) is 23.0 Å². The molecule has 23 heavy (non-hydrogen) atoms. The first-order valence-corrected chi connectivity index (χ1v) is 7.45. The zero-order valence-electron chi connectivity index (χ0n) is 12.3. The molecule has 0 N–H and O–H groups in total. The summed E-state index contributed by atoms with van der Waals surface area (Å²) in [7, 11) is 0. The number of rotatable bonds is 3. The average molecular weight is 329 g/mol. The van der Waals surface area contributed by atoms with Crippen LogP contribution in [0.4, 0.5) is 11.4 Å². The molecule has 1 atom stereocenters. The van der Waals surface area contributed by atoms with Crippen LogP contribution in [-0.2, 0) is 14.4 Å². The predicted octanol–water partition coefficient (Wildman–Crippen LogP) is 3.24. The van der Waals surface area contributed by atoms with Gasteiger partial charge >= 0.3 is 5.97 Å². The van der Waals surface area contributed by atoms with Crippen LogP contribution >= 0.6 is 11.6 Å². The molecule has 3 rings (SSSR count). The van der Waals surface area contributed by atoms with Crippen LogP contribution in [0.1, 0.15) is 12.5 Å². The first kappa shape index (κ1) is 15.2. The van der Waals surface area contributed by atoms with Gasteiger partial charge in [-0.2, -0.15) is 0 Å². The van der Waals surface area contributed by atoms with Crippen LogP contribution in [0.5, 0.6) is 0 Å². The van der Waals surface area contributed by atoms with Crippen LogP contribution in [0.3, 0.4) is 0 Å². The van der Waals surface area contributed by atoms with Gasteiger partial charge in [-0.1, -0.05) is 41.6 Å². The molecule has 116 valence electrons. The number of anilines is 2. The average Bonchev–Trinajstić information content (AvgIpc) is 2.85. The fraction of sp³-hybridized carbons (Fsp3) is 0.118. The third-order valence-electron chi connectivity index (χ3n) is 3.37. The molecule has 1 amide bonds. The molecule has 0 aromatic heterocycles. The van der Waals surface area contributed by atoms with Gasteiger partial charge in [-0.3, -0.25) is 9.69 Å². The summed E-state index contributed by atoms with van der Waals surface area (Å²) < 4.78 is 0. The maximum atomic E-state index is 12.7. The van der Waals surface area contributed by atoms with E-state index in [1.54, 1.807) is 12.1 Å². The first-order valence-electron chi connectivity index (χ1n) is 7.01. The Labute approximate surface area is 138 Å². The molecule has 1 aliphatic rings. The van der Waals surface area contributed by atoms with E-state index in [1.165, 1.54) is 11.8 Å². The van der Waals surface area contributed by atoms with E-state index < -0.39 is 11.3 Å². The van der Waals surface area contributed by atoms with Gasteiger partial charge in [-0.15, -0.1) is 11.6 Å². The second kappa shape index (κ2) is 6.22. The smallest absolute Gasteiger partial charge is 0.316 e. The highest BCUT2D eigenvalue weighted by molar-refractivity contribution is 6.55. The minimum absolute atomic E-state index is 0.0788. The van der Waals surface area contributed by atoms with Crippen molar-refractivity contribution in [2.45, 2.75) is 12.3 Å². The van der Waals surface area contributed by atoms with E-state index in [0.717, 1.165) is 0 Å². The van der Waals surface area contributed by atoms with E-state index in [9.17, 15) is 9.59 Å². The molecule has 2 aromatic carbocycles. The van der Waals surface area contributed by atoms with Gasteiger partial charge < -0.3 is 4.84 Å². The number of fused-ring (bicyclic) bond motifs is 1. The van der Waals surface area contributed by atoms with Gasteiger partial charge in [0.25, 0.3) is 5.91 Å². The lowest BCUT2D eigenvalue weighted by molar-refractivity contribution is -0.142. The quantitative estimate of drug-likeness (QED) is 0.494. The van der Waals surface area contributed by atoms with Crippen molar-refractivity contribution in [3.8, 4) is 0 Å². The van der Waals surface area contributed by atoms with Gasteiger partial charge in [-0.05, 0) is 25.1 Å². The summed E-state index contributed by atoms with van der Waals surface area (Å²) in [6, 6.07) is 16.4. The van der Waals surface area contributed by atoms with Crippen molar-refractivity contribution in [2.75, 3.05) is 4.90 Å². The van der Waals surface area contributed by atoms with Crippen molar-refractivity contribution in [1.82, 2.24) is 0 Å². The molecule has 2 aromatic rings. The molecular weight excluding hydrogens is 316 g/mol. The van der Waals surface area contributed by atoms with Crippen molar-refractivity contribution in [3.05, 3.63) is 60.2 Å². The van der Waals surface area contributed by atoms with Crippen molar-refractivity contribution in [1.29, 1.82) is 0 Å². The predicted molar refractivity (Wildman–Crippen MR) is 88.0 cm³/mol. The SMILES string of the molecule is C[C@H](Cl)C(=O)O/N=C1\C(=O)N(c2ccccc2)c2ccccc21. The molecule has 0 spiro atoms. The van der Waals surface area contributed by atoms with Crippen molar-refractivity contribution in [3.63, 3.8) is 0 Å². The monoisotopic (exact) mass is 328 g/mol. The fourth-order valence-electron chi connectivity index (χ4n) is 2.28. The molecule has 6 heteroatoms. The van der Waals surface area contributed by atoms with Crippen LogP contribution in [0.15, 0.2) is 59.8 Å². The minimum Gasteiger partial charge on any atom is -0.316 e. The Morgan fingerprint density at radius 2 is 1.78 bits per heavy atom. The maximum absolute atomic E-state index is 12.7. The number of hydrogen-bond acceptors (Lipinski definition) is 4. The summed E-state index contributed by atoms with van der Waals surface area (Å²) in [6.45, 7) is 1.48. The summed E-state index contributed by atoms with van der Waals surface area (Å²) in [5, 5.41) is 2.90. The van der Waals surface area contributed by atoms with Crippen molar-refractivity contribution >= 4 is 40.6 Å². The number of amides is 1. The number of para-hydroxylation sites is 2. The summed E-state index contributed by atoms with van der Waals surface area (Å²) in [4.78, 5) is 30.5. The Hall–Kier alpha value is -2.66. The number of hydrogen-bond donors (Lipinski definition) is 0. The van der Waals surface area contributed by atoms with Gasteiger partial charge in [0.2, 0.25) is 0 Å². The summed E-state index contributed by atoms with van der Waals surface area (Å²) in [6.07, 6.45) is 0. The number of halogens is 1. The summed E-state index contributed by atoms with van der Waals surface area (Å²) in [5.74, 6) is -1.06. The lowest BCUT2D eigenvalue weighted by Crippen LogP contribution is -2.26. The second-order valence-electron chi connectivity index (χ2n) is 4.96. The minimum atomic E-state index is -0.837. The maximum Gasteiger partial charge on any atom is 0.352 e. The molecule has 1 aliphatic heterocycles. The molecule has 0 saturated carbocycles. The zero-order valence-corrected chi connectivity index (χ0v) is 13.0. The number of carbonyl (C=O) groups is 2. The Morgan fingerprint density at radius 1 is 1.13 bits per heavy atom. The van der Waals surface area contributed by atoms with Gasteiger partial charge in [0, 0.05) is 11.3 Å². The molecule has 0 saturated heterocycles. The summed E-state index contributed by atoms with van der Waals surface area (Å²) >= 11 is 5.64. The van der Waals surface area contributed by atoms with Crippen LogP contribution < -0.4 is 4.90 Å². The van der Waals surface area contributed by atoms with E-state index in [-0.39, 0.29) is 11.6 Å². The third kappa shape index (κ3) is 2.83. The Bertz CT molecular complexity index is 787. The molecular formula is C17H13ClN2O3. The molecule has 0 fully saturated rings. The summed E-state index contributed by atoms with van der Waals surface area (Å²) in [5.41, 5.74) is 2.09. The normalized spacial score (nSPS) is 16.3. The zero-order chi connectivity index (χ0) is 16.4. The van der Waals surface area contributed by atoms with Crippen molar-refractivity contribution < 1.29 is 14.4 Å². The van der Waals surface area contributed by atoms with E-state index in [0.29, 0.717) is 16.9 Å². The molecule has 0 unspecified atom stereocenters. The lowest BCUT2D eigenvalue weighted by Gasteiger charge is -2.16. The Morgan fingerprint density at radius 3 is 2.48 bits per heavy atom. The topological polar surface area (TPSA) is 59.0 Å². The second-order valence-corrected chi connectivity index (χ2v) is 5.61. The molecule has 1 heterocycles. The standard InChI is InChI=1S/C17H13ClN2O3/c1-11(18)17(22)23-19-15-13-9-5-6-10-14(13)20(16(15)21)12-7-3-2-4-8-12/h2-11H,1H3/b19-15-/t11-/m0/s1. The van der Waals surface area contributed by atoms with Gasteiger partial charge in [0.1, 0.15) is 5.38 Å². The largest absolute Gasteiger partial charge is 0.352 e. The van der Waals surface area contributed by atoms with E-state index in [2.05, 4.69) is 5.16 Å². The van der Waals surface area contributed by atoms with E-state index in [1.807, 2.05) is 42.5 Å². The lowest BCUT2D eigenvalue weighted by atomic mass is 10.1. The highest BCUT2D eigenvalue weighted by Gasteiger charge is 2.35. The highest BCUT2D eigenvalue weighted by Crippen LogP contribution is 2.35. The number of alkyl halides is 1. The first-order chi connectivity index (χ1) is 11.1. The van der Waals surface area contributed by atoms with Gasteiger partial charge in [0.15, 0.2) is 5.71 Å². The van der Waals surface area contributed by atoms with Crippen molar-refractivity contribution in [2.24, 2.45) is 5.16 Å².